The third-order valence-corrected chi connectivity index (χ3v) is 3.59. The van der Waals surface area contributed by atoms with Crippen molar-refractivity contribution in [1.29, 1.82) is 0 Å². The molecule has 2 aromatic rings. The summed E-state index contributed by atoms with van der Waals surface area (Å²) in [5.74, 6) is 1.95. The molecule has 1 saturated carbocycles. The highest BCUT2D eigenvalue weighted by Gasteiger charge is 2.22. The Hall–Kier alpha value is -2.30. The summed E-state index contributed by atoms with van der Waals surface area (Å²) in [7, 11) is 0. The van der Waals surface area contributed by atoms with E-state index in [1.807, 2.05) is 30.5 Å². The number of nitrogens with two attached hydrogens (primary N) is 1. The Morgan fingerprint density at radius 3 is 2.95 bits per heavy atom. The Labute approximate surface area is 124 Å². The van der Waals surface area contributed by atoms with Gasteiger partial charge >= 0.3 is 0 Å². The van der Waals surface area contributed by atoms with E-state index in [2.05, 4.69) is 22.2 Å². The van der Waals surface area contributed by atoms with Crippen LogP contribution in [0.2, 0.25) is 0 Å². The summed E-state index contributed by atoms with van der Waals surface area (Å²) in [6.07, 6.45) is 6.10. The summed E-state index contributed by atoms with van der Waals surface area (Å²) in [4.78, 5) is 8.59. The van der Waals surface area contributed by atoms with Crippen LogP contribution in [0.1, 0.15) is 31.4 Å². The van der Waals surface area contributed by atoms with Crippen LogP contribution in [-0.4, -0.2) is 16.6 Å². The lowest BCUT2D eigenvalue weighted by Crippen LogP contribution is -2.10. The van der Waals surface area contributed by atoms with Gasteiger partial charge in [-0.3, -0.25) is 4.98 Å². The molecule has 3 N–H and O–H groups in total. The van der Waals surface area contributed by atoms with Crippen molar-refractivity contribution in [3.05, 3.63) is 42.2 Å². The highest BCUT2D eigenvalue weighted by atomic mass is 16.5. The van der Waals surface area contributed by atoms with E-state index in [4.69, 9.17) is 10.5 Å². The molecule has 0 bridgehead atoms. The van der Waals surface area contributed by atoms with Crippen molar-refractivity contribution in [1.82, 2.24) is 9.97 Å². The molecule has 1 atom stereocenters. The number of pyridine rings is 2. The van der Waals surface area contributed by atoms with Gasteiger partial charge in [-0.25, -0.2) is 0 Å². The predicted molar refractivity (Wildman–Crippen MR) is 83.1 cm³/mol. The van der Waals surface area contributed by atoms with Gasteiger partial charge in [0.25, 0.3) is 0 Å². The molecule has 0 radical (unpaired) electrons. The fraction of sp³-hybridized carbons (Fsp3) is 0.375. The van der Waals surface area contributed by atoms with Gasteiger partial charge in [-0.1, -0.05) is 6.07 Å². The minimum Gasteiger partial charge on any atom is -0.476 e. The number of hydrogen-bond donors (Lipinski definition) is 2. The molecule has 1 unspecified atom stereocenters. The van der Waals surface area contributed by atoms with Crippen LogP contribution in [0.4, 0.5) is 11.5 Å². The van der Waals surface area contributed by atoms with Gasteiger partial charge in [0.05, 0.1) is 18.3 Å². The SMILES string of the molecule is CC(Nc1ccc(N)c(OCC2CC2)n1)c1cccnc1. The zero-order chi connectivity index (χ0) is 14.7. The second kappa shape index (κ2) is 5.99. The summed E-state index contributed by atoms with van der Waals surface area (Å²) >= 11 is 0. The summed E-state index contributed by atoms with van der Waals surface area (Å²) in [5, 5.41) is 3.34. The molecule has 0 aliphatic heterocycles. The Bertz CT molecular complexity index is 598. The van der Waals surface area contributed by atoms with Crippen molar-refractivity contribution in [3.63, 3.8) is 0 Å². The van der Waals surface area contributed by atoms with Gasteiger partial charge in [-0.05, 0) is 49.4 Å². The second-order valence-electron chi connectivity index (χ2n) is 5.50. The van der Waals surface area contributed by atoms with E-state index in [9.17, 15) is 0 Å². The maximum atomic E-state index is 5.91. The minimum absolute atomic E-state index is 0.117. The molecule has 2 heterocycles. The van der Waals surface area contributed by atoms with Gasteiger partial charge in [0, 0.05) is 12.4 Å². The van der Waals surface area contributed by atoms with Crippen LogP contribution in [0.5, 0.6) is 5.88 Å². The zero-order valence-electron chi connectivity index (χ0n) is 12.1. The molecule has 110 valence electrons. The first-order valence-electron chi connectivity index (χ1n) is 7.28. The predicted octanol–water partition coefficient (Wildman–Crippen LogP) is 3.02. The third kappa shape index (κ3) is 3.62. The highest BCUT2D eigenvalue weighted by Crippen LogP contribution is 2.31. The van der Waals surface area contributed by atoms with E-state index in [1.54, 1.807) is 6.20 Å². The summed E-state index contributed by atoms with van der Waals surface area (Å²) < 4.78 is 5.70. The lowest BCUT2D eigenvalue weighted by Gasteiger charge is -2.16. The van der Waals surface area contributed by atoms with Crippen LogP contribution in [0.15, 0.2) is 36.7 Å². The Kier molecular flexibility index (Phi) is 3.90. The van der Waals surface area contributed by atoms with Crippen LogP contribution < -0.4 is 15.8 Å². The molecule has 1 fully saturated rings. The largest absolute Gasteiger partial charge is 0.476 e. The molecule has 1 aliphatic rings. The third-order valence-electron chi connectivity index (χ3n) is 3.59. The highest BCUT2D eigenvalue weighted by molar-refractivity contribution is 5.54. The normalized spacial score (nSPS) is 15.5. The molecule has 2 aromatic heterocycles. The molecule has 3 rings (SSSR count). The van der Waals surface area contributed by atoms with Crippen LogP contribution in [0.25, 0.3) is 0 Å². The molecule has 21 heavy (non-hydrogen) atoms. The first kappa shape index (κ1) is 13.7. The molecule has 5 heteroatoms. The molecule has 0 amide bonds. The zero-order valence-corrected chi connectivity index (χ0v) is 12.1. The second-order valence-corrected chi connectivity index (χ2v) is 5.50. The van der Waals surface area contributed by atoms with Crippen LogP contribution >= 0.6 is 0 Å². The number of hydrogen-bond acceptors (Lipinski definition) is 5. The van der Waals surface area contributed by atoms with Crippen molar-refractivity contribution >= 4 is 11.5 Å². The van der Waals surface area contributed by atoms with Gasteiger partial charge in [0.1, 0.15) is 5.82 Å². The maximum Gasteiger partial charge on any atom is 0.239 e. The Morgan fingerprint density at radius 2 is 2.24 bits per heavy atom. The summed E-state index contributed by atoms with van der Waals surface area (Å²) in [6, 6.07) is 7.77. The molecular formula is C16H20N4O. The number of ether oxygens (including phenoxy) is 1. The first-order valence-corrected chi connectivity index (χ1v) is 7.28. The fourth-order valence-electron chi connectivity index (χ4n) is 2.07. The maximum absolute atomic E-state index is 5.91. The van der Waals surface area contributed by atoms with Gasteiger partial charge < -0.3 is 15.8 Å². The van der Waals surface area contributed by atoms with E-state index < -0.39 is 0 Å². The standard InChI is InChI=1S/C16H20N4O/c1-11(13-3-2-8-18-9-13)19-15-7-6-14(17)16(20-15)21-10-12-4-5-12/h2-3,6-9,11-12H,4-5,10,17H2,1H3,(H,19,20). The summed E-state index contributed by atoms with van der Waals surface area (Å²) in [5.41, 5.74) is 7.60. The molecule has 0 aromatic carbocycles. The monoisotopic (exact) mass is 284 g/mol. The number of nitrogen functional groups attached to an aromatic ring is 1. The van der Waals surface area contributed by atoms with Gasteiger partial charge in [-0.2, -0.15) is 4.98 Å². The first-order chi connectivity index (χ1) is 10.2. The van der Waals surface area contributed by atoms with E-state index in [-0.39, 0.29) is 6.04 Å². The number of nitrogens with zero attached hydrogens (tertiary/aromatic N) is 2. The molecule has 0 saturated heterocycles. The summed E-state index contributed by atoms with van der Waals surface area (Å²) in [6.45, 7) is 2.78. The van der Waals surface area contributed by atoms with E-state index in [1.165, 1.54) is 12.8 Å². The minimum atomic E-state index is 0.117. The van der Waals surface area contributed by atoms with Crippen LogP contribution in [0, 0.1) is 5.92 Å². The van der Waals surface area contributed by atoms with Crippen LogP contribution in [-0.2, 0) is 0 Å². The average Bonchev–Trinajstić information content (AvgIpc) is 3.33. The molecule has 0 spiro atoms. The number of rotatable bonds is 6. The lowest BCUT2D eigenvalue weighted by atomic mass is 10.1. The van der Waals surface area contributed by atoms with Crippen molar-refractivity contribution in [2.45, 2.75) is 25.8 Å². The molecular weight excluding hydrogens is 264 g/mol. The van der Waals surface area contributed by atoms with Gasteiger partial charge in [0.15, 0.2) is 0 Å². The topological polar surface area (TPSA) is 73.1 Å². The molecule has 5 nitrogen and oxygen atoms in total. The fourth-order valence-corrected chi connectivity index (χ4v) is 2.07. The number of anilines is 2. The molecule has 1 aliphatic carbocycles. The lowest BCUT2D eigenvalue weighted by molar-refractivity contribution is 0.290. The Balaban J connectivity index is 1.68. The van der Waals surface area contributed by atoms with E-state index in [0.29, 0.717) is 24.1 Å². The van der Waals surface area contributed by atoms with Gasteiger partial charge in [0.2, 0.25) is 5.88 Å². The van der Waals surface area contributed by atoms with Crippen molar-refractivity contribution in [2.75, 3.05) is 17.7 Å². The van der Waals surface area contributed by atoms with E-state index in [0.717, 1.165) is 11.4 Å². The van der Waals surface area contributed by atoms with Crippen molar-refractivity contribution < 1.29 is 4.74 Å². The van der Waals surface area contributed by atoms with Gasteiger partial charge in [-0.15, -0.1) is 0 Å². The number of aromatic nitrogens is 2. The quantitative estimate of drug-likeness (QED) is 0.853. The van der Waals surface area contributed by atoms with Crippen LogP contribution in [0.3, 0.4) is 0 Å². The van der Waals surface area contributed by atoms with E-state index >= 15 is 0 Å². The van der Waals surface area contributed by atoms with Crippen molar-refractivity contribution in [2.24, 2.45) is 5.92 Å². The van der Waals surface area contributed by atoms with Crippen molar-refractivity contribution in [3.8, 4) is 5.88 Å². The smallest absolute Gasteiger partial charge is 0.239 e. The Morgan fingerprint density at radius 1 is 1.38 bits per heavy atom. The average molecular weight is 284 g/mol. The number of nitrogens with one attached hydrogen (secondary N) is 1.